The molecule has 29 heavy (non-hydrogen) atoms. The normalized spacial score (nSPS) is 21.2. The van der Waals surface area contributed by atoms with Gasteiger partial charge in [0.05, 0.1) is 8.07 Å². The Labute approximate surface area is 186 Å². The molecule has 0 saturated heterocycles. The highest BCUT2D eigenvalue weighted by Crippen LogP contribution is 2.57. The minimum Gasteiger partial charge on any atom is -0.0837 e. The van der Waals surface area contributed by atoms with Crippen LogP contribution in [0.3, 0.4) is 0 Å². The molecule has 0 fully saturated rings. The molecule has 2 aromatic carbocycles. The highest BCUT2D eigenvalue weighted by molar-refractivity contribution is 6.82. The molecule has 2 aliphatic rings. The van der Waals surface area contributed by atoms with Crippen LogP contribution in [0.5, 0.6) is 0 Å². The summed E-state index contributed by atoms with van der Waals surface area (Å²) in [6, 6.07) is 9.35. The Bertz CT molecular complexity index is 1030. The summed E-state index contributed by atoms with van der Waals surface area (Å²) in [5.74, 6) is 0. The van der Waals surface area contributed by atoms with Gasteiger partial charge in [0, 0.05) is 21.1 Å². The molecule has 2 atom stereocenters. The smallest absolute Gasteiger partial charge is 0.0723 e. The molecular weight excluding hydrogens is 411 g/mol. The van der Waals surface area contributed by atoms with E-state index in [1.807, 2.05) is 0 Å². The molecule has 0 saturated carbocycles. The lowest BCUT2D eigenvalue weighted by atomic mass is 10.0. The molecule has 152 valence electrons. The number of rotatable bonds is 2. The van der Waals surface area contributed by atoms with Crippen molar-refractivity contribution in [2.24, 2.45) is 0 Å². The Morgan fingerprint density at radius 2 is 0.897 bits per heavy atom. The van der Waals surface area contributed by atoms with Crippen LogP contribution in [0.4, 0.5) is 0 Å². The van der Waals surface area contributed by atoms with Crippen LogP contribution in [0, 0.1) is 27.7 Å². The fourth-order valence-corrected chi connectivity index (χ4v) is 11.4. The Morgan fingerprint density at radius 3 is 1.24 bits per heavy atom. The number of aryl methyl sites for hydroxylation is 4. The third-order valence-electron chi connectivity index (χ3n) is 7.47. The molecule has 0 heterocycles. The second-order valence-electron chi connectivity index (χ2n) is 9.73. The maximum Gasteiger partial charge on any atom is 0.0723 e. The van der Waals surface area contributed by atoms with Crippen molar-refractivity contribution in [3.8, 4) is 0 Å². The Morgan fingerprint density at radius 1 is 0.586 bits per heavy atom. The molecule has 0 bridgehead atoms. The van der Waals surface area contributed by atoms with E-state index in [4.69, 9.17) is 23.2 Å². The summed E-state index contributed by atoms with van der Waals surface area (Å²) in [5.41, 5.74) is 14.1. The van der Waals surface area contributed by atoms with Crippen molar-refractivity contribution in [1.29, 1.82) is 0 Å². The molecule has 0 radical (unpaired) electrons. The lowest BCUT2D eigenvalue weighted by Gasteiger charge is -2.39. The third-order valence-corrected chi connectivity index (χ3v) is 12.9. The van der Waals surface area contributed by atoms with E-state index in [1.54, 1.807) is 0 Å². The van der Waals surface area contributed by atoms with Crippen LogP contribution in [0.1, 0.15) is 69.4 Å². The van der Waals surface area contributed by atoms with Gasteiger partial charge in [-0.3, -0.25) is 0 Å². The predicted molar refractivity (Wildman–Crippen MR) is 132 cm³/mol. The summed E-state index contributed by atoms with van der Waals surface area (Å²) < 4.78 is 0. The van der Waals surface area contributed by atoms with Gasteiger partial charge in [0.15, 0.2) is 0 Å². The average molecular weight is 442 g/mol. The highest BCUT2D eigenvalue weighted by Gasteiger charge is 2.49. The zero-order chi connectivity index (χ0) is 21.4. The van der Waals surface area contributed by atoms with Crippen molar-refractivity contribution < 1.29 is 0 Å². The molecule has 0 aromatic heterocycles. The van der Waals surface area contributed by atoms with Gasteiger partial charge in [-0.1, -0.05) is 48.4 Å². The Kier molecular flexibility index (Phi) is 4.97. The van der Waals surface area contributed by atoms with Gasteiger partial charge in [-0.25, -0.2) is 0 Å². The number of fused-ring (bicyclic) bond motifs is 2. The Hall–Kier alpha value is -1.28. The van der Waals surface area contributed by atoms with Gasteiger partial charge in [0.1, 0.15) is 0 Å². The van der Waals surface area contributed by atoms with Gasteiger partial charge in [-0.2, -0.15) is 0 Å². The molecule has 3 heteroatoms. The van der Waals surface area contributed by atoms with E-state index in [-0.39, 0.29) is 0 Å². The molecule has 0 amide bonds. The first-order chi connectivity index (χ1) is 13.5. The van der Waals surface area contributed by atoms with E-state index in [0.717, 1.165) is 10.1 Å². The topological polar surface area (TPSA) is 0 Å². The zero-order valence-corrected chi connectivity index (χ0v) is 21.2. The second kappa shape index (κ2) is 6.87. The van der Waals surface area contributed by atoms with Crippen LogP contribution in [-0.4, -0.2) is 8.07 Å². The highest BCUT2D eigenvalue weighted by atomic mass is 35.5. The maximum atomic E-state index is 6.90. The minimum absolute atomic E-state index is 0.404. The zero-order valence-electron chi connectivity index (χ0n) is 18.7. The van der Waals surface area contributed by atoms with Gasteiger partial charge >= 0.3 is 0 Å². The molecule has 4 rings (SSSR count). The number of allylic oxidation sites excluding steroid dienone is 2. The largest absolute Gasteiger partial charge is 0.0837 e. The van der Waals surface area contributed by atoms with Crippen LogP contribution in [0.25, 0.3) is 10.1 Å². The van der Waals surface area contributed by atoms with Crippen molar-refractivity contribution in [2.75, 3.05) is 0 Å². The summed E-state index contributed by atoms with van der Waals surface area (Å²) in [6.45, 7) is 18.3. The lowest BCUT2D eigenvalue weighted by Crippen LogP contribution is -2.42. The van der Waals surface area contributed by atoms with E-state index in [9.17, 15) is 0 Å². The van der Waals surface area contributed by atoms with Crippen molar-refractivity contribution in [1.82, 2.24) is 0 Å². The molecule has 2 aromatic rings. The summed E-state index contributed by atoms with van der Waals surface area (Å²) >= 11 is 13.8. The van der Waals surface area contributed by atoms with E-state index in [2.05, 4.69) is 78.9 Å². The number of hydrogen-bond donors (Lipinski definition) is 0. The van der Waals surface area contributed by atoms with E-state index < -0.39 is 8.07 Å². The predicted octanol–water partition coefficient (Wildman–Crippen LogP) is 8.54. The quantitative estimate of drug-likeness (QED) is 0.410. The van der Waals surface area contributed by atoms with Gasteiger partial charge in [0.25, 0.3) is 0 Å². The van der Waals surface area contributed by atoms with Gasteiger partial charge in [0.2, 0.25) is 0 Å². The summed E-state index contributed by atoms with van der Waals surface area (Å²) in [5, 5.41) is 1.92. The van der Waals surface area contributed by atoms with Crippen molar-refractivity contribution in [3.05, 3.63) is 79.9 Å². The van der Waals surface area contributed by atoms with E-state index in [1.165, 1.54) is 55.7 Å². The molecule has 0 spiro atoms. The van der Waals surface area contributed by atoms with Crippen LogP contribution in [0.15, 0.2) is 35.4 Å². The monoisotopic (exact) mass is 440 g/mol. The molecule has 2 unspecified atom stereocenters. The lowest BCUT2D eigenvalue weighted by molar-refractivity contribution is 0.963. The first-order valence-corrected chi connectivity index (χ1v) is 14.3. The van der Waals surface area contributed by atoms with Crippen molar-refractivity contribution in [2.45, 2.75) is 65.7 Å². The van der Waals surface area contributed by atoms with E-state index in [0.29, 0.717) is 11.1 Å². The van der Waals surface area contributed by atoms with Crippen molar-refractivity contribution in [3.63, 3.8) is 0 Å². The number of halogens is 2. The maximum absolute atomic E-state index is 6.90. The molecule has 0 aliphatic heterocycles. The number of benzene rings is 2. The average Bonchev–Trinajstić information content (AvgIpc) is 3.02. The molecular formula is C26H30Cl2Si. The summed E-state index contributed by atoms with van der Waals surface area (Å²) in [4.78, 5) is 0. The molecule has 2 aliphatic carbocycles. The molecule has 0 N–H and O–H groups in total. The fraction of sp³-hybridized carbons (Fsp3) is 0.385. The van der Waals surface area contributed by atoms with Crippen LogP contribution in [-0.2, 0) is 0 Å². The SMILES string of the molecule is CC1=C(Cl)c2cc(C)c(C)cc2C1[Si](C)(C)C1C(C)=C(Cl)c2cc(C)c(C)cc21. The standard InChI is InChI=1S/C26H30Cl2Si/c1-13-9-19-21(11-15(13)3)25(17(5)23(19)27)29(7,8)26-18(6)24(28)20-10-14(2)16(4)12-22(20)26/h9-12,25-26H,1-8H3. The van der Waals surface area contributed by atoms with Gasteiger partial charge < -0.3 is 0 Å². The third kappa shape index (κ3) is 2.92. The number of hydrogen-bond acceptors (Lipinski definition) is 0. The van der Waals surface area contributed by atoms with E-state index >= 15 is 0 Å². The summed E-state index contributed by atoms with van der Waals surface area (Å²) in [7, 11) is -1.91. The minimum atomic E-state index is -1.91. The first kappa shape index (κ1) is 21.0. The Balaban J connectivity index is 1.92. The van der Waals surface area contributed by atoms with Crippen LogP contribution in [0.2, 0.25) is 13.1 Å². The van der Waals surface area contributed by atoms with Gasteiger partial charge in [-0.05, 0) is 109 Å². The summed E-state index contributed by atoms with van der Waals surface area (Å²) in [6.07, 6.45) is 0. The second-order valence-corrected chi connectivity index (χ2v) is 15.3. The van der Waals surface area contributed by atoms with Crippen molar-refractivity contribution >= 4 is 41.3 Å². The van der Waals surface area contributed by atoms with Crippen LogP contribution >= 0.6 is 23.2 Å². The van der Waals surface area contributed by atoms with Crippen LogP contribution < -0.4 is 0 Å². The molecule has 0 nitrogen and oxygen atoms in total. The van der Waals surface area contributed by atoms with Gasteiger partial charge in [-0.15, -0.1) is 0 Å². The first-order valence-electron chi connectivity index (χ1n) is 10.4. The fourth-order valence-electron chi connectivity index (χ4n) is 5.76.